The van der Waals surface area contributed by atoms with Gasteiger partial charge in [0.05, 0.1) is 25.5 Å². The molecule has 2 fully saturated rings. The zero-order valence-corrected chi connectivity index (χ0v) is 12.6. The summed E-state index contributed by atoms with van der Waals surface area (Å²) in [6.07, 6.45) is 4.43. The van der Waals surface area contributed by atoms with Crippen LogP contribution in [0.3, 0.4) is 0 Å². The molecule has 1 aliphatic carbocycles. The van der Waals surface area contributed by atoms with Gasteiger partial charge in [0.15, 0.2) is 0 Å². The van der Waals surface area contributed by atoms with Crippen molar-refractivity contribution in [3.63, 3.8) is 0 Å². The smallest absolute Gasteiger partial charge is 0.219 e. The van der Waals surface area contributed by atoms with E-state index in [4.69, 9.17) is 9.47 Å². The predicted molar refractivity (Wildman–Crippen MR) is 79.4 cm³/mol. The van der Waals surface area contributed by atoms with Gasteiger partial charge in [0.25, 0.3) is 0 Å². The molecule has 1 saturated heterocycles. The summed E-state index contributed by atoms with van der Waals surface area (Å²) in [5, 5.41) is 11.2. The Morgan fingerprint density at radius 1 is 1.48 bits per heavy atom. The molecule has 0 amide bonds. The van der Waals surface area contributed by atoms with Gasteiger partial charge in [-0.15, -0.1) is 0 Å². The minimum atomic E-state index is -0.476. The van der Waals surface area contributed by atoms with E-state index in [-0.39, 0.29) is 10.8 Å². The quantitative estimate of drug-likeness (QED) is 0.325. The number of rotatable bonds is 6. The third-order valence-electron chi connectivity index (χ3n) is 4.13. The highest BCUT2D eigenvalue weighted by Crippen LogP contribution is 2.31. The Bertz CT molecular complexity index is 416. The summed E-state index contributed by atoms with van der Waals surface area (Å²) < 4.78 is 10.9. The van der Waals surface area contributed by atoms with Crippen LogP contribution in [0.2, 0.25) is 0 Å². The van der Waals surface area contributed by atoms with Crippen LogP contribution >= 0.6 is 0 Å². The van der Waals surface area contributed by atoms with Crippen LogP contribution in [-0.4, -0.2) is 48.8 Å². The highest BCUT2D eigenvalue weighted by atomic mass is 16.6. The summed E-state index contributed by atoms with van der Waals surface area (Å²) in [7, 11) is 0. The van der Waals surface area contributed by atoms with Gasteiger partial charge < -0.3 is 14.4 Å². The van der Waals surface area contributed by atoms with Gasteiger partial charge in [-0.2, -0.15) is 0 Å². The SMILES string of the molecule is C=C(OCC)/C(=C\C1CCCC1[N+](=O)[O-])N1CCOCC1. The number of ether oxygens (including phenoxy) is 2. The fourth-order valence-electron chi connectivity index (χ4n) is 3.06. The van der Waals surface area contributed by atoms with E-state index >= 15 is 0 Å². The third kappa shape index (κ3) is 3.97. The van der Waals surface area contributed by atoms with E-state index in [0.717, 1.165) is 31.6 Å². The van der Waals surface area contributed by atoms with Crippen molar-refractivity contribution in [2.24, 2.45) is 5.92 Å². The van der Waals surface area contributed by atoms with Crippen LogP contribution in [0.15, 0.2) is 24.1 Å². The Morgan fingerprint density at radius 3 is 2.81 bits per heavy atom. The first-order valence-electron chi connectivity index (χ1n) is 7.63. The number of hydrogen-bond acceptors (Lipinski definition) is 5. The lowest BCUT2D eigenvalue weighted by atomic mass is 10.0. The first-order valence-corrected chi connectivity index (χ1v) is 7.63. The summed E-state index contributed by atoms with van der Waals surface area (Å²) >= 11 is 0. The van der Waals surface area contributed by atoms with E-state index in [9.17, 15) is 10.1 Å². The second-order valence-electron chi connectivity index (χ2n) is 5.45. The Labute approximate surface area is 125 Å². The number of nitro groups is 1. The monoisotopic (exact) mass is 296 g/mol. The van der Waals surface area contributed by atoms with Crippen molar-refractivity contribution >= 4 is 0 Å². The van der Waals surface area contributed by atoms with Crippen LogP contribution in [0.1, 0.15) is 26.2 Å². The maximum atomic E-state index is 11.2. The van der Waals surface area contributed by atoms with Gasteiger partial charge in [-0.3, -0.25) is 10.1 Å². The first-order chi connectivity index (χ1) is 10.1. The van der Waals surface area contributed by atoms with E-state index in [1.807, 2.05) is 13.0 Å². The van der Waals surface area contributed by atoms with Gasteiger partial charge >= 0.3 is 0 Å². The second-order valence-corrected chi connectivity index (χ2v) is 5.45. The van der Waals surface area contributed by atoms with Crippen molar-refractivity contribution in [2.75, 3.05) is 32.9 Å². The molecule has 0 aromatic heterocycles. The average molecular weight is 296 g/mol. The summed E-state index contributed by atoms with van der Waals surface area (Å²) in [6.45, 7) is 9.33. The van der Waals surface area contributed by atoms with Crippen LogP contribution in [0, 0.1) is 16.0 Å². The van der Waals surface area contributed by atoms with E-state index in [1.54, 1.807) is 0 Å². The standard InChI is InChI=1S/C15H24N2O4/c1-3-21-12(2)15(16-7-9-20-10-8-16)11-13-5-4-6-14(13)17(18)19/h11,13-14H,2-10H2,1H3/b15-11+. The average Bonchev–Trinajstić information content (AvgIpc) is 2.94. The maximum absolute atomic E-state index is 11.2. The molecular formula is C15H24N2O4. The van der Waals surface area contributed by atoms with Crippen LogP contribution in [0.5, 0.6) is 0 Å². The zero-order valence-electron chi connectivity index (χ0n) is 12.6. The lowest BCUT2D eigenvalue weighted by Gasteiger charge is -2.32. The minimum Gasteiger partial charge on any atom is -0.492 e. The molecule has 2 atom stereocenters. The molecule has 0 radical (unpaired) electrons. The van der Waals surface area contributed by atoms with Crippen molar-refractivity contribution in [1.82, 2.24) is 4.90 Å². The first kappa shape index (κ1) is 15.8. The summed E-state index contributed by atoms with van der Waals surface area (Å²) in [5.74, 6) is 0.573. The molecular weight excluding hydrogens is 272 g/mol. The highest BCUT2D eigenvalue weighted by molar-refractivity contribution is 5.24. The van der Waals surface area contributed by atoms with Gasteiger partial charge in [0.2, 0.25) is 6.04 Å². The Balaban J connectivity index is 2.18. The van der Waals surface area contributed by atoms with Gasteiger partial charge in [0, 0.05) is 30.4 Å². The second kappa shape index (κ2) is 7.45. The Kier molecular flexibility index (Phi) is 5.61. The Morgan fingerprint density at radius 2 is 2.19 bits per heavy atom. The molecule has 118 valence electrons. The largest absolute Gasteiger partial charge is 0.492 e. The van der Waals surface area contributed by atoms with Gasteiger partial charge in [-0.25, -0.2) is 0 Å². The van der Waals surface area contributed by atoms with Crippen LogP contribution < -0.4 is 0 Å². The molecule has 2 aliphatic rings. The highest BCUT2D eigenvalue weighted by Gasteiger charge is 2.36. The fourth-order valence-corrected chi connectivity index (χ4v) is 3.06. The summed E-state index contributed by atoms with van der Waals surface area (Å²) in [5.41, 5.74) is 0.902. The molecule has 21 heavy (non-hydrogen) atoms. The molecule has 1 saturated carbocycles. The van der Waals surface area contributed by atoms with E-state index < -0.39 is 6.04 Å². The predicted octanol–water partition coefficient (Wildman–Crippen LogP) is 2.20. The van der Waals surface area contributed by atoms with Crippen molar-refractivity contribution < 1.29 is 14.4 Å². The molecule has 2 rings (SSSR count). The molecule has 0 aromatic rings. The fraction of sp³-hybridized carbons (Fsp3) is 0.733. The third-order valence-corrected chi connectivity index (χ3v) is 4.13. The number of hydrogen-bond donors (Lipinski definition) is 0. The number of nitrogens with zero attached hydrogens (tertiary/aromatic N) is 2. The molecule has 0 aromatic carbocycles. The topological polar surface area (TPSA) is 64.8 Å². The van der Waals surface area contributed by atoms with Crippen molar-refractivity contribution in [3.8, 4) is 0 Å². The lowest BCUT2D eigenvalue weighted by Crippen LogP contribution is -2.37. The van der Waals surface area contributed by atoms with Gasteiger partial charge in [-0.1, -0.05) is 6.58 Å². The van der Waals surface area contributed by atoms with Crippen LogP contribution in [0.4, 0.5) is 0 Å². The van der Waals surface area contributed by atoms with Crippen molar-refractivity contribution in [2.45, 2.75) is 32.2 Å². The lowest BCUT2D eigenvalue weighted by molar-refractivity contribution is -0.526. The maximum Gasteiger partial charge on any atom is 0.219 e. The van der Waals surface area contributed by atoms with Gasteiger partial charge in [-0.05, 0) is 25.8 Å². The van der Waals surface area contributed by atoms with Crippen LogP contribution in [-0.2, 0) is 9.47 Å². The van der Waals surface area contributed by atoms with Gasteiger partial charge in [0.1, 0.15) is 5.76 Å². The molecule has 6 heteroatoms. The normalized spacial score (nSPS) is 26.7. The summed E-state index contributed by atoms with van der Waals surface area (Å²) in [4.78, 5) is 13.2. The van der Waals surface area contributed by atoms with Crippen molar-refractivity contribution in [1.29, 1.82) is 0 Å². The molecule has 0 spiro atoms. The molecule has 0 N–H and O–H groups in total. The van der Waals surface area contributed by atoms with E-state index in [0.29, 0.717) is 32.0 Å². The zero-order chi connectivity index (χ0) is 15.2. The molecule has 2 unspecified atom stereocenters. The molecule has 1 aliphatic heterocycles. The van der Waals surface area contributed by atoms with Crippen LogP contribution in [0.25, 0.3) is 0 Å². The van der Waals surface area contributed by atoms with Crippen molar-refractivity contribution in [3.05, 3.63) is 34.2 Å². The summed E-state index contributed by atoms with van der Waals surface area (Å²) in [6, 6.07) is -0.476. The van der Waals surface area contributed by atoms with E-state index in [2.05, 4.69) is 11.5 Å². The number of morpholine rings is 1. The molecule has 6 nitrogen and oxygen atoms in total. The Hall–Kier alpha value is -1.56. The minimum absolute atomic E-state index is 0.0324. The molecule has 0 bridgehead atoms. The van der Waals surface area contributed by atoms with E-state index in [1.165, 1.54) is 0 Å². The molecule has 1 heterocycles.